The highest BCUT2D eigenvalue weighted by molar-refractivity contribution is 6.00. The molecule has 2 rings (SSSR count). The summed E-state index contributed by atoms with van der Waals surface area (Å²) in [6.07, 6.45) is 0.103. The maximum atomic E-state index is 11.6. The number of aliphatic carboxylic acids is 1. The molecule has 0 aliphatic carbocycles. The Kier molecular flexibility index (Phi) is 4.59. The number of rotatable bonds is 6. The number of hydrogen-bond donors (Lipinski definition) is 3. The van der Waals surface area contributed by atoms with Gasteiger partial charge in [-0.05, 0) is 37.1 Å². The van der Waals surface area contributed by atoms with Gasteiger partial charge in [0.15, 0.2) is 0 Å². The molecular weight excluding hydrogens is 272 g/mol. The van der Waals surface area contributed by atoms with E-state index in [1.165, 1.54) is 0 Å². The van der Waals surface area contributed by atoms with Gasteiger partial charge in [0.2, 0.25) is 5.91 Å². The van der Waals surface area contributed by atoms with E-state index < -0.39 is 18.1 Å². The number of amides is 1. The van der Waals surface area contributed by atoms with Gasteiger partial charge in [0.25, 0.3) is 0 Å². The second kappa shape index (κ2) is 6.24. The van der Waals surface area contributed by atoms with E-state index in [2.05, 4.69) is 5.32 Å². The van der Waals surface area contributed by atoms with Crippen LogP contribution in [0.15, 0.2) is 18.2 Å². The van der Waals surface area contributed by atoms with Crippen LogP contribution in [-0.4, -0.2) is 41.7 Å². The SMILES string of the molecule is CC(NCCC(O)c1ccc2c(c1)CC(=O)N2C)C(=O)O. The zero-order chi connectivity index (χ0) is 15.6. The smallest absolute Gasteiger partial charge is 0.320 e. The summed E-state index contributed by atoms with van der Waals surface area (Å²) in [5.41, 5.74) is 2.56. The zero-order valence-electron chi connectivity index (χ0n) is 12.2. The molecule has 1 aliphatic heterocycles. The van der Waals surface area contributed by atoms with Crippen LogP contribution in [0.5, 0.6) is 0 Å². The Morgan fingerprint density at radius 2 is 2.19 bits per heavy atom. The van der Waals surface area contributed by atoms with Crippen molar-refractivity contribution in [2.24, 2.45) is 0 Å². The second-order valence-corrected chi connectivity index (χ2v) is 5.34. The van der Waals surface area contributed by atoms with Crippen molar-refractivity contribution in [2.45, 2.75) is 31.9 Å². The summed E-state index contributed by atoms with van der Waals surface area (Å²) in [5, 5.41) is 21.7. The largest absolute Gasteiger partial charge is 0.480 e. The standard InChI is InChI=1S/C15H20N2O4/c1-9(15(20)21)16-6-5-13(18)10-3-4-12-11(7-10)8-14(19)17(12)2/h3-4,7,9,13,16,18H,5-6,8H2,1-2H3,(H,20,21). The number of carboxylic acid groups (broad SMARTS) is 1. The summed E-state index contributed by atoms with van der Waals surface area (Å²) in [5.74, 6) is -0.864. The van der Waals surface area contributed by atoms with E-state index in [9.17, 15) is 14.7 Å². The number of fused-ring (bicyclic) bond motifs is 1. The molecule has 114 valence electrons. The van der Waals surface area contributed by atoms with Crippen molar-refractivity contribution < 1.29 is 19.8 Å². The number of nitrogens with one attached hydrogen (secondary N) is 1. The average molecular weight is 292 g/mol. The van der Waals surface area contributed by atoms with Crippen LogP contribution in [-0.2, 0) is 16.0 Å². The molecule has 1 aliphatic rings. The van der Waals surface area contributed by atoms with E-state index in [1.807, 2.05) is 12.1 Å². The van der Waals surface area contributed by atoms with Crippen LogP contribution in [0.2, 0.25) is 0 Å². The molecular formula is C15H20N2O4. The molecule has 0 bridgehead atoms. The summed E-state index contributed by atoms with van der Waals surface area (Å²) in [4.78, 5) is 23.9. The number of carbonyl (C=O) groups is 2. The Labute approximate surface area is 123 Å². The van der Waals surface area contributed by atoms with E-state index >= 15 is 0 Å². The summed E-state index contributed by atoms with van der Waals surface area (Å²) in [6, 6.07) is 4.86. The number of anilines is 1. The predicted octanol–water partition coefficient (Wildman–Crippen LogP) is 0.692. The molecule has 0 radical (unpaired) electrons. The van der Waals surface area contributed by atoms with E-state index in [0.29, 0.717) is 19.4 Å². The van der Waals surface area contributed by atoms with Crippen molar-refractivity contribution in [1.82, 2.24) is 5.32 Å². The molecule has 6 heteroatoms. The van der Waals surface area contributed by atoms with Gasteiger partial charge in [-0.1, -0.05) is 12.1 Å². The number of nitrogens with zero attached hydrogens (tertiary/aromatic N) is 1. The summed E-state index contributed by atoms with van der Waals surface area (Å²) >= 11 is 0. The minimum atomic E-state index is -0.913. The number of carboxylic acids is 1. The average Bonchev–Trinajstić information content (AvgIpc) is 2.73. The lowest BCUT2D eigenvalue weighted by molar-refractivity contribution is -0.139. The molecule has 0 fully saturated rings. The van der Waals surface area contributed by atoms with Gasteiger partial charge in [-0.25, -0.2) is 0 Å². The predicted molar refractivity (Wildman–Crippen MR) is 78.2 cm³/mol. The highest BCUT2D eigenvalue weighted by Crippen LogP contribution is 2.30. The first kappa shape index (κ1) is 15.5. The Morgan fingerprint density at radius 1 is 1.48 bits per heavy atom. The normalized spacial score (nSPS) is 16.7. The van der Waals surface area contributed by atoms with Gasteiger partial charge in [0.1, 0.15) is 6.04 Å². The van der Waals surface area contributed by atoms with Crippen molar-refractivity contribution in [3.05, 3.63) is 29.3 Å². The van der Waals surface area contributed by atoms with Crippen molar-refractivity contribution in [3.63, 3.8) is 0 Å². The van der Waals surface area contributed by atoms with Crippen LogP contribution in [0.3, 0.4) is 0 Å². The first-order valence-electron chi connectivity index (χ1n) is 6.93. The maximum absolute atomic E-state index is 11.6. The third kappa shape index (κ3) is 3.40. The molecule has 1 aromatic rings. The molecule has 0 saturated heterocycles. The third-order valence-electron chi connectivity index (χ3n) is 3.80. The van der Waals surface area contributed by atoms with Gasteiger partial charge in [-0.2, -0.15) is 0 Å². The molecule has 0 spiro atoms. The van der Waals surface area contributed by atoms with Crippen molar-refractivity contribution >= 4 is 17.6 Å². The second-order valence-electron chi connectivity index (χ2n) is 5.34. The highest BCUT2D eigenvalue weighted by atomic mass is 16.4. The lowest BCUT2D eigenvalue weighted by atomic mass is 10.0. The quantitative estimate of drug-likeness (QED) is 0.718. The first-order valence-corrected chi connectivity index (χ1v) is 6.93. The number of aliphatic hydroxyl groups is 1. The van der Waals surface area contributed by atoms with Crippen LogP contribution in [0.1, 0.15) is 30.6 Å². The number of likely N-dealkylation sites (N-methyl/N-ethyl adjacent to an activating group) is 1. The van der Waals surface area contributed by atoms with Crippen LogP contribution < -0.4 is 10.2 Å². The van der Waals surface area contributed by atoms with Gasteiger partial charge in [-0.3, -0.25) is 9.59 Å². The lowest BCUT2D eigenvalue weighted by Crippen LogP contribution is -2.34. The van der Waals surface area contributed by atoms with Gasteiger partial charge in [-0.15, -0.1) is 0 Å². The minimum Gasteiger partial charge on any atom is -0.480 e. The molecule has 2 atom stereocenters. The summed E-state index contributed by atoms with van der Waals surface area (Å²) in [7, 11) is 1.74. The van der Waals surface area contributed by atoms with Crippen LogP contribution >= 0.6 is 0 Å². The van der Waals surface area contributed by atoms with E-state index in [4.69, 9.17) is 5.11 Å². The highest BCUT2D eigenvalue weighted by Gasteiger charge is 2.24. The monoisotopic (exact) mass is 292 g/mol. The van der Waals surface area contributed by atoms with Gasteiger partial charge in [0.05, 0.1) is 12.5 Å². The van der Waals surface area contributed by atoms with Crippen molar-refractivity contribution in [3.8, 4) is 0 Å². The Morgan fingerprint density at radius 3 is 2.86 bits per heavy atom. The molecule has 0 aromatic heterocycles. The molecule has 0 saturated carbocycles. The number of benzene rings is 1. The van der Waals surface area contributed by atoms with E-state index in [0.717, 1.165) is 16.8 Å². The van der Waals surface area contributed by atoms with Crippen molar-refractivity contribution in [2.75, 3.05) is 18.5 Å². The topological polar surface area (TPSA) is 89.9 Å². The first-order chi connectivity index (χ1) is 9.90. The molecule has 3 N–H and O–H groups in total. The fraction of sp³-hybridized carbons (Fsp3) is 0.467. The van der Waals surface area contributed by atoms with Crippen LogP contribution in [0.25, 0.3) is 0 Å². The van der Waals surface area contributed by atoms with E-state index in [-0.39, 0.29) is 5.91 Å². The number of hydrogen-bond acceptors (Lipinski definition) is 4. The minimum absolute atomic E-state index is 0.0496. The third-order valence-corrected chi connectivity index (χ3v) is 3.80. The molecule has 21 heavy (non-hydrogen) atoms. The fourth-order valence-electron chi connectivity index (χ4n) is 2.39. The Hall–Kier alpha value is -1.92. The van der Waals surface area contributed by atoms with Crippen LogP contribution in [0, 0.1) is 0 Å². The van der Waals surface area contributed by atoms with Gasteiger partial charge >= 0.3 is 5.97 Å². The fourth-order valence-corrected chi connectivity index (χ4v) is 2.39. The maximum Gasteiger partial charge on any atom is 0.320 e. The summed E-state index contributed by atoms with van der Waals surface area (Å²) < 4.78 is 0. The molecule has 2 unspecified atom stereocenters. The van der Waals surface area contributed by atoms with Crippen LogP contribution in [0.4, 0.5) is 5.69 Å². The number of aliphatic hydroxyl groups excluding tert-OH is 1. The molecule has 1 aromatic carbocycles. The zero-order valence-corrected chi connectivity index (χ0v) is 12.2. The molecule has 1 heterocycles. The summed E-state index contributed by atoms with van der Waals surface area (Å²) in [6.45, 7) is 1.97. The van der Waals surface area contributed by atoms with Gasteiger partial charge < -0.3 is 20.4 Å². The van der Waals surface area contributed by atoms with E-state index in [1.54, 1.807) is 24.9 Å². The Bertz CT molecular complexity index is 559. The van der Waals surface area contributed by atoms with Crippen molar-refractivity contribution in [1.29, 1.82) is 0 Å². The Balaban J connectivity index is 1.95. The number of carbonyl (C=O) groups excluding carboxylic acids is 1. The molecule has 6 nitrogen and oxygen atoms in total. The molecule has 1 amide bonds. The van der Waals surface area contributed by atoms with Gasteiger partial charge in [0, 0.05) is 12.7 Å². The lowest BCUT2D eigenvalue weighted by Gasteiger charge is -2.15.